The monoisotopic (exact) mass is 362 g/mol. The molecule has 25 heavy (non-hydrogen) atoms. The molecule has 0 radical (unpaired) electrons. The summed E-state index contributed by atoms with van der Waals surface area (Å²) >= 11 is 0. The normalized spacial score (nSPS) is 11.2. The van der Waals surface area contributed by atoms with Crippen molar-refractivity contribution in [2.24, 2.45) is 0 Å². The Kier molecular flexibility index (Phi) is 5.69. The predicted octanol–water partition coefficient (Wildman–Crippen LogP) is 2.94. The summed E-state index contributed by atoms with van der Waals surface area (Å²) in [6.07, 6.45) is 0. The van der Waals surface area contributed by atoms with Crippen molar-refractivity contribution in [1.29, 1.82) is 0 Å². The molecule has 0 fully saturated rings. The number of rotatable bonds is 6. The van der Waals surface area contributed by atoms with Crippen LogP contribution < -0.4 is 14.8 Å². The average molecular weight is 362 g/mol. The molecular weight excluding hydrogens is 340 g/mol. The molecule has 2 aromatic rings. The molecule has 0 heterocycles. The van der Waals surface area contributed by atoms with Gasteiger partial charge in [0.15, 0.2) is 0 Å². The number of anilines is 1. The smallest absolute Gasteiger partial charge is 0.261 e. The Morgan fingerprint density at radius 3 is 2.24 bits per heavy atom. The lowest BCUT2D eigenvalue weighted by atomic mass is 10.1. The Hall–Kier alpha value is -2.54. The minimum absolute atomic E-state index is 0.0288. The molecule has 0 spiro atoms. The predicted molar refractivity (Wildman–Crippen MR) is 97.6 cm³/mol. The first-order chi connectivity index (χ1) is 11.7. The van der Waals surface area contributed by atoms with E-state index in [1.54, 1.807) is 37.3 Å². The molecular formula is C18H22N2O4S. The molecule has 0 saturated heterocycles. The summed E-state index contributed by atoms with van der Waals surface area (Å²) in [5, 5.41) is 2.80. The van der Waals surface area contributed by atoms with E-state index in [1.807, 2.05) is 13.8 Å². The van der Waals surface area contributed by atoms with E-state index in [4.69, 9.17) is 4.74 Å². The van der Waals surface area contributed by atoms with Crippen LogP contribution in [0.15, 0.2) is 47.4 Å². The van der Waals surface area contributed by atoms with Crippen LogP contribution in [0, 0.1) is 6.92 Å². The number of carbonyl (C=O) groups excluding carboxylic acids is 1. The van der Waals surface area contributed by atoms with Crippen LogP contribution in [0.3, 0.4) is 0 Å². The van der Waals surface area contributed by atoms with Gasteiger partial charge in [-0.05, 0) is 68.8 Å². The average Bonchev–Trinajstić information content (AvgIpc) is 2.56. The lowest BCUT2D eigenvalue weighted by molar-refractivity contribution is 0.0943. The number of hydrogen-bond donors (Lipinski definition) is 2. The molecule has 134 valence electrons. The third-order valence-electron chi connectivity index (χ3n) is 3.52. The van der Waals surface area contributed by atoms with Gasteiger partial charge in [0.1, 0.15) is 5.75 Å². The Morgan fingerprint density at radius 1 is 1.08 bits per heavy atom. The number of carbonyl (C=O) groups is 1. The standard InChI is InChI=1S/C18H22N2O4S/c1-12(2)19-18(21)14-5-10-17(13(3)11-14)20-25(22,23)16-8-6-15(24-4)7-9-16/h5-12,20H,1-4H3,(H,19,21). The van der Waals surface area contributed by atoms with E-state index in [0.29, 0.717) is 22.6 Å². The van der Waals surface area contributed by atoms with Crippen LogP contribution in [-0.4, -0.2) is 27.5 Å². The van der Waals surface area contributed by atoms with E-state index in [0.717, 1.165) is 0 Å². The van der Waals surface area contributed by atoms with Crippen molar-refractivity contribution < 1.29 is 17.9 Å². The van der Waals surface area contributed by atoms with Gasteiger partial charge in [0.25, 0.3) is 15.9 Å². The highest BCUT2D eigenvalue weighted by Gasteiger charge is 2.16. The maximum absolute atomic E-state index is 12.5. The lowest BCUT2D eigenvalue weighted by Crippen LogP contribution is -2.30. The van der Waals surface area contributed by atoms with Gasteiger partial charge in [0.2, 0.25) is 0 Å². The summed E-state index contributed by atoms with van der Waals surface area (Å²) in [4.78, 5) is 12.2. The molecule has 6 nitrogen and oxygen atoms in total. The quantitative estimate of drug-likeness (QED) is 0.827. The van der Waals surface area contributed by atoms with Gasteiger partial charge in [-0.1, -0.05) is 0 Å². The molecule has 0 saturated carbocycles. The zero-order chi connectivity index (χ0) is 18.6. The maximum atomic E-state index is 12.5. The number of aryl methyl sites for hydroxylation is 1. The zero-order valence-electron chi connectivity index (χ0n) is 14.7. The minimum Gasteiger partial charge on any atom is -0.497 e. The minimum atomic E-state index is -3.72. The molecule has 1 amide bonds. The van der Waals surface area contributed by atoms with Crippen LogP contribution in [-0.2, 0) is 10.0 Å². The van der Waals surface area contributed by atoms with Crippen molar-refractivity contribution in [3.8, 4) is 5.75 Å². The Morgan fingerprint density at radius 2 is 1.72 bits per heavy atom. The molecule has 0 aliphatic heterocycles. The molecule has 2 rings (SSSR count). The van der Waals surface area contributed by atoms with Crippen molar-refractivity contribution in [3.63, 3.8) is 0 Å². The van der Waals surface area contributed by atoms with E-state index in [-0.39, 0.29) is 16.8 Å². The van der Waals surface area contributed by atoms with Crippen molar-refractivity contribution in [2.75, 3.05) is 11.8 Å². The molecule has 0 aromatic heterocycles. The van der Waals surface area contributed by atoms with Gasteiger partial charge in [0.05, 0.1) is 17.7 Å². The van der Waals surface area contributed by atoms with Gasteiger partial charge in [-0.2, -0.15) is 0 Å². The van der Waals surface area contributed by atoms with Crippen LogP contribution in [0.5, 0.6) is 5.75 Å². The van der Waals surface area contributed by atoms with Crippen molar-refractivity contribution >= 4 is 21.6 Å². The Labute approximate surface area is 148 Å². The largest absolute Gasteiger partial charge is 0.497 e. The second-order valence-electron chi connectivity index (χ2n) is 5.94. The van der Waals surface area contributed by atoms with Crippen molar-refractivity contribution in [1.82, 2.24) is 5.32 Å². The summed E-state index contributed by atoms with van der Waals surface area (Å²) in [6.45, 7) is 5.50. The molecule has 0 unspecified atom stereocenters. The molecule has 0 aliphatic carbocycles. The van der Waals surface area contributed by atoms with Gasteiger partial charge >= 0.3 is 0 Å². The third kappa shape index (κ3) is 4.73. The van der Waals surface area contributed by atoms with Crippen molar-refractivity contribution in [2.45, 2.75) is 31.7 Å². The summed E-state index contributed by atoms with van der Waals surface area (Å²) in [7, 11) is -2.20. The van der Waals surface area contributed by atoms with E-state index in [2.05, 4.69) is 10.0 Å². The fourth-order valence-electron chi connectivity index (χ4n) is 2.22. The number of amides is 1. The number of hydrogen-bond acceptors (Lipinski definition) is 4. The summed E-state index contributed by atoms with van der Waals surface area (Å²) in [6, 6.07) is 11.0. The number of nitrogens with one attached hydrogen (secondary N) is 2. The van der Waals surface area contributed by atoms with Crippen LogP contribution in [0.4, 0.5) is 5.69 Å². The van der Waals surface area contributed by atoms with Gasteiger partial charge in [-0.15, -0.1) is 0 Å². The van der Waals surface area contributed by atoms with Crippen LogP contribution in [0.25, 0.3) is 0 Å². The molecule has 2 aromatic carbocycles. The summed E-state index contributed by atoms with van der Waals surface area (Å²) in [5.41, 5.74) is 1.57. The number of benzene rings is 2. The SMILES string of the molecule is COc1ccc(S(=O)(=O)Nc2ccc(C(=O)NC(C)C)cc2C)cc1. The number of sulfonamides is 1. The second-order valence-corrected chi connectivity index (χ2v) is 7.62. The molecule has 7 heteroatoms. The van der Waals surface area contributed by atoms with E-state index in [1.165, 1.54) is 19.2 Å². The third-order valence-corrected chi connectivity index (χ3v) is 4.90. The summed E-state index contributed by atoms with van der Waals surface area (Å²) < 4.78 is 32.5. The lowest BCUT2D eigenvalue weighted by Gasteiger charge is -2.13. The highest BCUT2D eigenvalue weighted by molar-refractivity contribution is 7.92. The van der Waals surface area contributed by atoms with E-state index in [9.17, 15) is 13.2 Å². The second kappa shape index (κ2) is 7.57. The Bertz CT molecular complexity index is 859. The fraction of sp³-hybridized carbons (Fsp3) is 0.278. The fourth-order valence-corrected chi connectivity index (χ4v) is 3.35. The topological polar surface area (TPSA) is 84.5 Å². The van der Waals surface area contributed by atoms with Gasteiger partial charge in [-0.25, -0.2) is 8.42 Å². The Balaban J connectivity index is 2.22. The van der Waals surface area contributed by atoms with E-state index < -0.39 is 10.0 Å². The van der Waals surface area contributed by atoms with Gasteiger partial charge < -0.3 is 10.1 Å². The first-order valence-electron chi connectivity index (χ1n) is 7.81. The first-order valence-corrected chi connectivity index (χ1v) is 9.29. The molecule has 0 atom stereocenters. The highest BCUT2D eigenvalue weighted by atomic mass is 32.2. The number of ether oxygens (including phenoxy) is 1. The van der Waals surface area contributed by atoms with E-state index >= 15 is 0 Å². The van der Waals surface area contributed by atoms with Crippen LogP contribution in [0.1, 0.15) is 29.8 Å². The number of methoxy groups -OCH3 is 1. The van der Waals surface area contributed by atoms with Crippen LogP contribution >= 0.6 is 0 Å². The van der Waals surface area contributed by atoms with Gasteiger partial charge in [0, 0.05) is 11.6 Å². The molecule has 0 aliphatic rings. The molecule has 0 bridgehead atoms. The van der Waals surface area contributed by atoms with Crippen molar-refractivity contribution in [3.05, 3.63) is 53.6 Å². The summed E-state index contributed by atoms with van der Waals surface area (Å²) in [5.74, 6) is 0.387. The first kappa shape index (κ1) is 18.8. The molecule has 2 N–H and O–H groups in total. The van der Waals surface area contributed by atoms with Gasteiger partial charge in [-0.3, -0.25) is 9.52 Å². The maximum Gasteiger partial charge on any atom is 0.261 e. The zero-order valence-corrected chi connectivity index (χ0v) is 15.5. The highest BCUT2D eigenvalue weighted by Crippen LogP contribution is 2.22. The van der Waals surface area contributed by atoms with Crippen LogP contribution in [0.2, 0.25) is 0 Å².